The molecule has 8 aromatic rings. The van der Waals surface area contributed by atoms with E-state index in [1.807, 2.05) is 11.8 Å². The summed E-state index contributed by atoms with van der Waals surface area (Å²) in [5, 5.41) is 7.73. The van der Waals surface area contributed by atoms with Crippen molar-refractivity contribution in [3.63, 3.8) is 0 Å². The Morgan fingerprint density at radius 1 is 0.667 bits per heavy atom. The monoisotopic (exact) mass is 594 g/mol. The molecule has 3 aliphatic rings. The largest absolute Gasteiger partial charge is 0.308 e. The van der Waals surface area contributed by atoms with E-state index in [-0.39, 0.29) is 11.3 Å². The second-order valence-corrected chi connectivity index (χ2v) is 13.5. The van der Waals surface area contributed by atoms with Gasteiger partial charge in [0, 0.05) is 42.8 Å². The summed E-state index contributed by atoms with van der Waals surface area (Å²) in [4.78, 5) is 12.2. The number of hydrogen-bond donors (Lipinski definition) is 0. The van der Waals surface area contributed by atoms with Crippen molar-refractivity contribution in [2.75, 3.05) is 0 Å². The molecule has 2 unspecified atom stereocenters. The van der Waals surface area contributed by atoms with Crippen molar-refractivity contribution in [1.82, 2.24) is 8.97 Å². The van der Waals surface area contributed by atoms with Gasteiger partial charge in [0.1, 0.15) is 11.2 Å². The van der Waals surface area contributed by atoms with Crippen LogP contribution in [0.3, 0.4) is 0 Å². The third kappa shape index (κ3) is 3.09. The van der Waals surface area contributed by atoms with Gasteiger partial charge in [-0.05, 0) is 48.7 Å². The molecular formula is C40H26N4S. The molecule has 0 bridgehead atoms. The highest BCUT2D eigenvalue weighted by Gasteiger charge is 2.42. The molecule has 0 radical (unpaired) electrons. The maximum Gasteiger partial charge on any atom is 0.157 e. The quantitative estimate of drug-likeness (QED) is 0.186. The van der Waals surface area contributed by atoms with Gasteiger partial charge in [0.2, 0.25) is 0 Å². The molecule has 5 heterocycles. The molecule has 0 N–H and O–H groups in total. The number of fused-ring (bicyclic) bond motifs is 13. The number of para-hydroxylation sites is 3. The molecule has 0 fully saturated rings. The highest BCUT2D eigenvalue weighted by molar-refractivity contribution is 8.00. The van der Waals surface area contributed by atoms with Crippen molar-refractivity contribution in [3.05, 3.63) is 132 Å². The zero-order valence-corrected chi connectivity index (χ0v) is 25.1. The van der Waals surface area contributed by atoms with E-state index in [4.69, 9.17) is 9.98 Å². The maximum atomic E-state index is 5.55. The maximum absolute atomic E-state index is 5.55. The molecule has 11 rings (SSSR count). The Kier molecular flexibility index (Phi) is 4.70. The van der Waals surface area contributed by atoms with Crippen molar-refractivity contribution >= 4 is 83.3 Å². The summed E-state index contributed by atoms with van der Waals surface area (Å²) >= 11 is 1.88. The first kappa shape index (κ1) is 24.2. The molecular weight excluding hydrogens is 569 g/mol. The molecule has 0 saturated heterocycles. The lowest BCUT2D eigenvalue weighted by Crippen LogP contribution is -2.31. The van der Waals surface area contributed by atoms with Crippen molar-refractivity contribution in [2.45, 2.75) is 29.0 Å². The van der Waals surface area contributed by atoms with Crippen LogP contribution in [0.4, 0.5) is 0 Å². The number of allylic oxidation sites excluding steroid dienone is 2. The molecule has 45 heavy (non-hydrogen) atoms. The van der Waals surface area contributed by atoms with Crippen molar-refractivity contribution in [1.29, 1.82) is 0 Å². The van der Waals surface area contributed by atoms with E-state index in [0.717, 1.165) is 30.1 Å². The van der Waals surface area contributed by atoms with E-state index < -0.39 is 0 Å². The fourth-order valence-corrected chi connectivity index (χ4v) is 9.50. The van der Waals surface area contributed by atoms with Gasteiger partial charge in [0.05, 0.1) is 33.5 Å². The summed E-state index contributed by atoms with van der Waals surface area (Å²) in [5.74, 6) is 1.96. The first-order valence-electron chi connectivity index (χ1n) is 15.7. The lowest BCUT2D eigenvalue weighted by atomic mass is 9.95. The minimum Gasteiger partial charge on any atom is -0.308 e. The van der Waals surface area contributed by atoms with Crippen molar-refractivity contribution in [2.24, 2.45) is 9.98 Å². The highest BCUT2D eigenvalue weighted by atomic mass is 32.2. The number of rotatable bonds is 1. The average molecular weight is 595 g/mol. The molecule has 212 valence electrons. The summed E-state index contributed by atoms with van der Waals surface area (Å²) in [5.41, 5.74) is 8.66. The van der Waals surface area contributed by atoms with E-state index in [9.17, 15) is 0 Å². The summed E-state index contributed by atoms with van der Waals surface area (Å²) < 4.78 is 4.99. The fraction of sp³-hybridized carbons (Fsp3) is 0.100. The molecule has 0 amide bonds. The first-order valence-corrected chi connectivity index (χ1v) is 16.6. The minimum absolute atomic E-state index is 0.0355. The summed E-state index contributed by atoms with van der Waals surface area (Å²) in [6.45, 7) is 0. The van der Waals surface area contributed by atoms with E-state index >= 15 is 0 Å². The molecule has 1 aliphatic carbocycles. The first-order chi connectivity index (χ1) is 22.3. The third-order valence-electron chi connectivity index (χ3n) is 10.0. The van der Waals surface area contributed by atoms with Crippen molar-refractivity contribution in [3.8, 4) is 0 Å². The van der Waals surface area contributed by atoms with Gasteiger partial charge in [-0.2, -0.15) is 0 Å². The van der Waals surface area contributed by atoms with E-state index in [2.05, 4.69) is 130 Å². The molecule has 0 saturated carbocycles. The number of aliphatic imine (C=N–C) groups is 2. The van der Waals surface area contributed by atoms with Gasteiger partial charge in [0.15, 0.2) is 5.84 Å². The Hall–Kier alpha value is -5.13. The summed E-state index contributed by atoms with van der Waals surface area (Å²) in [6.07, 6.45) is 8.86. The zero-order valence-electron chi connectivity index (χ0n) is 24.3. The van der Waals surface area contributed by atoms with E-state index in [1.165, 1.54) is 70.4 Å². The number of thioether (sulfide) groups is 1. The van der Waals surface area contributed by atoms with Crippen LogP contribution in [0.15, 0.2) is 142 Å². The fourth-order valence-electron chi connectivity index (χ4n) is 8.19. The Bertz CT molecular complexity index is 2700. The zero-order chi connectivity index (χ0) is 29.2. The van der Waals surface area contributed by atoms with Gasteiger partial charge < -0.3 is 4.40 Å². The summed E-state index contributed by atoms with van der Waals surface area (Å²) in [6, 6.07) is 37.9. The third-order valence-corrected chi connectivity index (χ3v) is 11.3. The highest BCUT2D eigenvalue weighted by Crippen LogP contribution is 2.51. The molecule has 5 aromatic carbocycles. The number of aromatic nitrogens is 2. The van der Waals surface area contributed by atoms with Gasteiger partial charge in [0.25, 0.3) is 0 Å². The van der Waals surface area contributed by atoms with Gasteiger partial charge in [-0.15, -0.1) is 0 Å². The predicted molar refractivity (Wildman–Crippen MR) is 190 cm³/mol. The van der Waals surface area contributed by atoms with Crippen LogP contribution < -0.4 is 0 Å². The van der Waals surface area contributed by atoms with Gasteiger partial charge in [-0.25, -0.2) is 4.99 Å². The predicted octanol–water partition coefficient (Wildman–Crippen LogP) is 10.1. The number of hydrogen-bond acceptors (Lipinski definition) is 3. The molecule has 5 heteroatoms. The number of benzene rings is 5. The second kappa shape index (κ2) is 8.74. The minimum atomic E-state index is 0.0355. The molecule has 3 aromatic heterocycles. The van der Waals surface area contributed by atoms with Crippen molar-refractivity contribution < 1.29 is 0 Å². The molecule has 2 aliphatic heterocycles. The van der Waals surface area contributed by atoms with Gasteiger partial charge in [-0.1, -0.05) is 103 Å². The van der Waals surface area contributed by atoms with E-state index in [1.54, 1.807) is 0 Å². The Labute approximate surface area is 263 Å². The molecule has 4 nitrogen and oxygen atoms in total. The van der Waals surface area contributed by atoms with Crippen LogP contribution in [-0.4, -0.2) is 26.0 Å². The normalized spacial score (nSPS) is 19.6. The lowest BCUT2D eigenvalue weighted by molar-refractivity contribution is 0.808. The Morgan fingerprint density at radius 2 is 1.36 bits per heavy atom. The SMILES string of the molecule is C1=CC(C2=NC3Sc4ccccc4C3C(n3c4ccccc4c4cc5c6ccccc6n6c7ccccc7c(c43)c56)=N2)=CCC1. The standard InChI is InChI=1S/C40H26N4S/c1-2-12-23(13-3-1)38-41-39(35-27-17-7-11-21-33(27)45-40(35)42-38)44-31-19-9-5-15-25(31)29-22-28-24-14-4-8-18-30(24)43-32-20-10-6-16-26(32)34(36(28)43)37(29)44/h2,4-22,35,40H,1,3H2. The Morgan fingerprint density at radius 3 is 2.18 bits per heavy atom. The van der Waals surface area contributed by atoms with Crippen LogP contribution in [0.25, 0.3) is 59.9 Å². The van der Waals surface area contributed by atoms with E-state index in [0.29, 0.717) is 0 Å². The molecule has 2 atom stereocenters. The second-order valence-electron chi connectivity index (χ2n) is 12.4. The molecule has 0 spiro atoms. The smallest absolute Gasteiger partial charge is 0.157 e. The number of nitrogens with zero attached hydrogens (tertiary/aromatic N) is 4. The summed E-state index contributed by atoms with van der Waals surface area (Å²) in [7, 11) is 0. The topological polar surface area (TPSA) is 34.1 Å². The van der Waals surface area contributed by atoms with Crippen LogP contribution in [0.5, 0.6) is 0 Å². The Balaban J connectivity index is 1.34. The van der Waals surface area contributed by atoms with Crippen LogP contribution in [0.2, 0.25) is 0 Å². The van der Waals surface area contributed by atoms with Gasteiger partial charge in [-0.3, -0.25) is 9.56 Å². The van der Waals surface area contributed by atoms with Crippen LogP contribution >= 0.6 is 11.8 Å². The van der Waals surface area contributed by atoms with Crippen LogP contribution in [0, 0.1) is 0 Å². The number of amidine groups is 1. The average Bonchev–Trinajstić information content (AvgIpc) is 3.83. The van der Waals surface area contributed by atoms with Gasteiger partial charge >= 0.3 is 0 Å². The van der Waals surface area contributed by atoms with Crippen LogP contribution in [-0.2, 0) is 0 Å². The lowest BCUT2D eigenvalue weighted by Gasteiger charge is -2.26. The van der Waals surface area contributed by atoms with Crippen LogP contribution in [0.1, 0.15) is 24.3 Å².